The number of carbonyl (C=O) groups excluding carboxylic acids is 1. The monoisotopic (exact) mass is 199 g/mol. The van der Waals surface area contributed by atoms with Crippen molar-refractivity contribution in [2.24, 2.45) is 5.73 Å². The summed E-state index contributed by atoms with van der Waals surface area (Å²) >= 11 is 0. The summed E-state index contributed by atoms with van der Waals surface area (Å²) in [5.41, 5.74) is 5.52. The largest absolute Gasteiger partial charge is 0.336 e. The number of nitrogens with one attached hydrogen (secondary N) is 1. The van der Waals surface area contributed by atoms with Crippen LogP contribution in [-0.4, -0.2) is 36.1 Å². The summed E-state index contributed by atoms with van der Waals surface area (Å²) in [6, 6.07) is 0.150. The lowest BCUT2D eigenvalue weighted by Crippen LogP contribution is -2.50. The third-order valence-corrected chi connectivity index (χ3v) is 2.37. The van der Waals surface area contributed by atoms with Gasteiger partial charge in [-0.2, -0.15) is 0 Å². The van der Waals surface area contributed by atoms with Crippen molar-refractivity contribution in [2.45, 2.75) is 39.0 Å². The molecule has 0 heterocycles. The van der Waals surface area contributed by atoms with Crippen molar-refractivity contribution < 1.29 is 4.79 Å². The van der Waals surface area contributed by atoms with E-state index in [0.717, 1.165) is 0 Å². The number of hydrogen-bond donors (Lipinski definition) is 2. The quantitative estimate of drug-likeness (QED) is 0.494. The topological polar surface area (TPSA) is 58.4 Å². The molecule has 0 aliphatic carbocycles. The summed E-state index contributed by atoms with van der Waals surface area (Å²) < 4.78 is 0. The number of hydrogen-bond acceptors (Lipinski definition) is 3. The molecule has 0 radical (unpaired) electrons. The lowest BCUT2D eigenvalue weighted by Gasteiger charge is -2.28. The minimum absolute atomic E-state index is 0.0754. The molecule has 0 saturated heterocycles. The van der Waals surface area contributed by atoms with Crippen LogP contribution >= 0.6 is 0 Å². The lowest BCUT2D eigenvalue weighted by atomic mass is 10.2. The first-order chi connectivity index (χ1) is 6.40. The molecule has 0 spiro atoms. The van der Waals surface area contributed by atoms with E-state index >= 15 is 0 Å². The van der Waals surface area contributed by atoms with Crippen LogP contribution in [-0.2, 0) is 4.79 Å². The number of rotatable bonds is 5. The van der Waals surface area contributed by atoms with E-state index in [-0.39, 0.29) is 11.9 Å². The van der Waals surface area contributed by atoms with Crippen molar-refractivity contribution >= 4 is 5.91 Å². The van der Waals surface area contributed by atoms with E-state index in [1.807, 2.05) is 32.7 Å². The molecule has 1 amide bonds. The van der Waals surface area contributed by atoms with Crippen LogP contribution in [0.4, 0.5) is 0 Å². The summed E-state index contributed by atoms with van der Waals surface area (Å²) in [5, 5.41) is 2.64. The number of nitrogens with zero attached hydrogens (tertiary/aromatic N) is 1. The highest BCUT2D eigenvalue weighted by molar-refractivity contribution is 5.81. The maximum atomic E-state index is 11.6. The highest BCUT2D eigenvalue weighted by Gasteiger charge is 2.20. The van der Waals surface area contributed by atoms with Crippen LogP contribution in [0.3, 0.4) is 0 Å². The van der Waals surface area contributed by atoms with Crippen molar-refractivity contribution in [3.63, 3.8) is 0 Å². The Morgan fingerprint density at radius 1 is 1.50 bits per heavy atom. The molecular formula is C10H21N3O. The van der Waals surface area contributed by atoms with Gasteiger partial charge in [0.25, 0.3) is 0 Å². The van der Waals surface area contributed by atoms with Gasteiger partial charge in [0.15, 0.2) is 0 Å². The fourth-order valence-corrected chi connectivity index (χ4v) is 0.976. The van der Waals surface area contributed by atoms with Gasteiger partial charge in [-0.1, -0.05) is 12.7 Å². The van der Waals surface area contributed by atoms with Crippen molar-refractivity contribution in [1.29, 1.82) is 0 Å². The standard InChI is InChI=1S/C10H21N3O/c1-6-9(11)12-10(14)8(4)13(5)7(2)3/h6-9H,1,11H2,2-5H3,(H,12,14)/t8-,9?/m0/s1. The number of amides is 1. The molecular weight excluding hydrogens is 178 g/mol. The molecule has 82 valence electrons. The van der Waals surface area contributed by atoms with E-state index in [1.165, 1.54) is 6.08 Å². The zero-order valence-corrected chi connectivity index (χ0v) is 9.45. The summed E-state index contributed by atoms with van der Waals surface area (Å²) in [5.74, 6) is -0.0754. The zero-order chi connectivity index (χ0) is 11.3. The van der Waals surface area contributed by atoms with E-state index in [0.29, 0.717) is 6.04 Å². The summed E-state index contributed by atoms with van der Waals surface area (Å²) in [6.45, 7) is 9.43. The van der Waals surface area contributed by atoms with Crippen LogP contribution in [0.5, 0.6) is 0 Å². The van der Waals surface area contributed by atoms with Crippen LogP contribution < -0.4 is 11.1 Å². The molecule has 4 nitrogen and oxygen atoms in total. The second-order valence-electron chi connectivity index (χ2n) is 3.71. The summed E-state index contributed by atoms with van der Waals surface area (Å²) in [7, 11) is 1.91. The number of likely N-dealkylation sites (N-methyl/N-ethyl adjacent to an activating group) is 1. The first kappa shape index (κ1) is 13.1. The number of nitrogens with two attached hydrogens (primary N) is 1. The Morgan fingerprint density at radius 2 is 2.00 bits per heavy atom. The molecule has 3 N–H and O–H groups in total. The average Bonchev–Trinajstić information content (AvgIpc) is 2.14. The molecule has 2 atom stereocenters. The molecule has 0 saturated carbocycles. The van der Waals surface area contributed by atoms with Gasteiger partial charge in [0, 0.05) is 6.04 Å². The first-order valence-electron chi connectivity index (χ1n) is 4.80. The third-order valence-electron chi connectivity index (χ3n) is 2.37. The molecule has 0 aromatic heterocycles. The van der Waals surface area contributed by atoms with E-state index in [1.54, 1.807) is 0 Å². The molecule has 0 aromatic carbocycles. The molecule has 0 aromatic rings. The lowest BCUT2D eigenvalue weighted by molar-refractivity contribution is -0.126. The minimum atomic E-state index is -0.467. The van der Waals surface area contributed by atoms with Crippen LogP contribution in [0.1, 0.15) is 20.8 Å². The molecule has 0 aliphatic heterocycles. The third kappa shape index (κ3) is 3.89. The molecule has 14 heavy (non-hydrogen) atoms. The minimum Gasteiger partial charge on any atom is -0.336 e. The molecule has 0 bridgehead atoms. The Kier molecular flexibility index (Phi) is 5.42. The number of carbonyl (C=O) groups is 1. The average molecular weight is 199 g/mol. The summed E-state index contributed by atoms with van der Waals surface area (Å²) in [4.78, 5) is 13.6. The van der Waals surface area contributed by atoms with E-state index in [4.69, 9.17) is 5.73 Å². The van der Waals surface area contributed by atoms with Crippen LogP contribution in [0.2, 0.25) is 0 Å². The van der Waals surface area contributed by atoms with E-state index in [9.17, 15) is 4.79 Å². The second-order valence-corrected chi connectivity index (χ2v) is 3.71. The van der Waals surface area contributed by atoms with Crippen LogP contribution in [0, 0.1) is 0 Å². The van der Waals surface area contributed by atoms with Crippen molar-refractivity contribution in [3.8, 4) is 0 Å². The van der Waals surface area contributed by atoms with E-state index < -0.39 is 6.17 Å². The SMILES string of the molecule is C=CC(N)NC(=O)[C@H](C)N(C)C(C)C. The smallest absolute Gasteiger partial charge is 0.238 e. The van der Waals surface area contributed by atoms with Gasteiger partial charge in [0.1, 0.15) is 0 Å². The first-order valence-corrected chi connectivity index (χ1v) is 4.80. The van der Waals surface area contributed by atoms with E-state index in [2.05, 4.69) is 11.9 Å². The van der Waals surface area contributed by atoms with Gasteiger partial charge in [-0.3, -0.25) is 9.69 Å². The predicted molar refractivity (Wildman–Crippen MR) is 58.7 cm³/mol. The van der Waals surface area contributed by atoms with Crippen LogP contribution in [0.15, 0.2) is 12.7 Å². The maximum Gasteiger partial charge on any atom is 0.238 e. The molecule has 0 fully saturated rings. The second kappa shape index (κ2) is 5.78. The van der Waals surface area contributed by atoms with Crippen molar-refractivity contribution in [3.05, 3.63) is 12.7 Å². The highest BCUT2D eigenvalue weighted by Crippen LogP contribution is 2.01. The zero-order valence-electron chi connectivity index (χ0n) is 9.45. The fraction of sp³-hybridized carbons (Fsp3) is 0.700. The fourth-order valence-electron chi connectivity index (χ4n) is 0.976. The van der Waals surface area contributed by atoms with Gasteiger partial charge in [-0.15, -0.1) is 0 Å². The summed E-state index contributed by atoms with van der Waals surface area (Å²) in [6.07, 6.45) is 1.03. The van der Waals surface area contributed by atoms with Gasteiger partial charge in [0.05, 0.1) is 12.2 Å². The van der Waals surface area contributed by atoms with Crippen LogP contribution in [0.25, 0.3) is 0 Å². The molecule has 4 heteroatoms. The Hall–Kier alpha value is -0.870. The highest BCUT2D eigenvalue weighted by atomic mass is 16.2. The molecule has 0 aliphatic rings. The van der Waals surface area contributed by atoms with Crippen molar-refractivity contribution in [1.82, 2.24) is 10.2 Å². The Bertz CT molecular complexity index is 204. The predicted octanol–water partition coefficient (Wildman–Crippen LogP) is 0.302. The molecule has 0 rings (SSSR count). The van der Waals surface area contributed by atoms with Gasteiger partial charge < -0.3 is 11.1 Å². The van der Waals surface area contributed by atoms with Gasteiger partial charge in [0.2, 0.25) is 5.91 Å². The van der Waals surface area contributed by atoms with Gasteiger partial charge in [-0.25, -0.2) is 0 Å². The molecule has 1 unspecified atom stereocenters. The maximum absolute atomic E-state index is 11.6. The van der Waals surface area contributed by atoms with Crippen molar-refractivity contribution in [2.75, 3.05) is 7.05 Å². The normalized spacial score (nSPS) is 15.4. The Labute approximate surface area is 86.1 Å². The Morgan fingerprint density at radius 3 is 2.36 bits per heavy atom. The van der Waals surface area contributed by atoms with Gasteiger partial charge >= 0.3 is 0 Å². The van der Waals surface area contributed by atoms with Gasteiger partial charge in [-0.05, 0) is 27.8 Å². The Balaban J connectivity index is 4.18.